The number of carbonyl (C=O) groups is 2. The summed E-state index contributed by atoms with van der Waals surface area (Å²) >= 11 is 6.23. The van der Waals surface area contributed by atoms with Crippen molar-refractivity contribution < 1.29 is 23.8 Å². The van der Waals surface area contributed by atoms with Crippen LogP contribution in [0.5, 0.6) is 5.75 Å². The summed E-state index contributed by atoms with van der Waals surface area (Å²) in [4.78, 5) is 26.2. The summed E-state index contributed by atoms with van der Waals surface area (Å²) < 4.78 is 16.5. The molecule has 0 unspecified atom stereocenters. The lowest BCUT2D eigenvalue weighted by molar-refractivity contribution is 0.0303. The maximum Gasteiger partial charge on any atom is 0.407 e. The molecule has 0 aliphatic carbocycles. The van der Waals surface area contributed by atoms with E-state index in [0.29, 0.717) is 62.2 Å². The fourth-order valence-electron chi connectivity index (χ4n) is 3.35. The summed E-state index contributed by atoms with van der Waals surface area (Å²) in [5, 5.41) is 3.31. The van der Waals surface area contributed by atoms with Crippen LogP contribution in [0, 0.1) is 0 Å². The van der Waals surface area contributed by atoms with Gasteiger partial charge in [0, 0.05) is 35.8 Å². The minimum absolute atomic E-state index is 0.00454. The van der Waals surface area contributed by atoms with Gasteiger partial charge in [-0.3, -0.25) is 4.79 Å². The van der Waals surface area contributed by atoms with Gasteiger partial charge < -0.3 is 24.4 Å². The molecule has 1 fully saturated rings. The molecule has 0 aromatic heterocycles. The van der Waals surface area contributed by atoms with Crippen molar-refractivity contribution in [2.45, 2.75) is 32.8 Å². The van der Waals surface area contributed by atoms with E-state index in [1.165, 1.54) is 0 Å². The molecule has 2 amide bonds. The summed E-state index contributed by atoms with van der Waals surface area (Å²) in [6.07, 6.45) is 0.176. The van der Waals surface area contributed by atoms with Crippen LogP contribution in [-0.4, -0.2) is 62.0 Å². The van der Waals surface area contributed by atoms with E-state index in [1.54, 1.807) is 11.0 Å². The number of hydrogen-bond acceptors (Lipinski definition) is 5. The van der Waals surface area contributed by atoms with Crippen LogP contribution in [0.3, 0.4) is 0 Å². The Balaban J connectivity index is 1.59. The molecule has 0 bridgehead atoms. The number of carbonyl (C=O) groups excluding carboxylic acids is 2. The summed E-state index contributed by atoms with van der Waals surface area (Å²) in [5.74, 6) is 0.689. The molecule has 0 spiro atoms. The fourth-order valence-corrected chi connectivity index (χ4v) is 3.53. The van der Waals surface area contributed by atoms with E-state index in [9.17, 15) is 9.59 Å². The van der Waals surface area contributed by atoms with Gasteiger partial charge in [-0.05, 0) is 63.1 Å². The number of ether oxygens (including phenoxy) is 3. The lowest BCUT2D eigenvalue weighted by Gasteiger charge is -2.26. The second-order valence-electron chi connectivity index (χ2n) is 8.75. The number of benzene rings is 2. The minimum atomic E-state index is -0.527. The summed E-state index contributed by atoms with van der Waals surface area (Å²) in [7, 11) is 0. The molecule has 2 aromatic rings. The number of nitrogens with one attached hydrogen (secondary N) is 1. The Morgan fingerprint density at radius 2 is 1.79 bits per heavy atom. The summed E-state index contributed by atoms with van der Waals surface area (Å²) in [5.41, 5.74) is 1.85. The first-order valence-corrected chi connectivity index (χ1v) is 11.5. The van der Waals surface area contributed by atoms with Crippen LogP contribution < -0.4 is 10.1 Å². The number of nitrogens with zero attached hydrogens (tertiary/aromatic N) is 1. The van der Waals surface area contributed by atoms with Crippen LogP contribution >= 0.6 is 11.6 Å². The lowest BCUT2D eigenvalue weighted by atomic mass is 10.0. The van der Waals surface area contributed by atoms with Crippen molar-refractivity contribution >= 4 is 23.6 Å². The van der Waals surface area contributed by atoms with Gasteiger partial charge in [0.25, 0.3) is 5.91 Å². The summed E-state index contributed by atoms with van der Waals surface area (Å²) in [6.45, 7) is 8.68. The number of hydrogen-bond donors (Lipinski definition) is 1. The lowest BCUT2D eigenvalue weighted by Crippen LogP contribution is -2.40. The Bertz CT molecular complexity index is 950. The second kappa shape index (κ2) is 11.4. The molecule has 8 heteroatoms. The average Bonchev–Trinajstić information content (AvgIpc) is 2.78. The zero-order valence-electron chi connectivity index (χ0n) is 19.4. The Morgan fingerprint density at radius 1 is 1.09 bits per heavy atom. The van der Waals surface area contributed by atoms with Crippen LogP contribution in [0.15, 0.2) is 42.5 Å². The first-order valence-electron chi connectivity index (χ1n) is 11.1. The third-order valence-corrected chi connectivity index (χ3v) is 5.16. The van der Waals surface area contributed by atoms with Crippen molar-refractivity contribution in [2.24, 2.45) is 0 Å². The Labute approximate surface area is 200 Å². The molecule has 1 aliphatic rings. The maximum absolute atomic E-state index is 12.7. The molecule has 0 atom stereocenters. The van der Waals surface area contributed by atoms with E-state index in [-0.39, 0.29) is 5.91 Å². The van der Waals surface area contributed by atoms with E-state index in [1.807, 2.05) is 57.2 Å². The fraction of sp³-hybridized carbons (Fsp3) is 0.440. The van der Waals surface area contributed by atoms with Gasteiger partial charge >= 0.3 is 6.09 Å². The third-order valence-electron chi connectivity index (χ3n) is 4.93. The van der Waals surface area contributed by atoms with Crippen LogP contribution in [0.4, 0.5) is 4.79 Å². The molecule has 1 aliphatic heterocycles. The first-order chi connectivity index (χ1) is 15.7. The average molecular weight is 475 g/mol. The highest BCUT2D eigenvalue weighted by molar-refractivity contribution is 6.31. The van der Waals surface area contributed by atoms with Crippen molar-refractivity contribution in [1.82, 2.24) is 10.2 Å². The van der Waals surface area contributed by atoms with Gasteiger partial charge in [0.2, 0.25) is 0 Å². The first kappa shape index (κ1) is 24.9. The molecule has 33 heavy (non-hydrogen) atoms. The van der Waals surface area contributed by atoms with Crippen LogP contribution in [0.25, 0.3) is 11.1 Å². The van der Waals surface area contributed by atoms with Gasteiger partial charge in [0.15, 0.2) is 0 Å². The molecular weight excluding hydrogens is 444 g/mol. The number of morpholine rings is 1. The van der Waals surface area contributed by atoms with Crippen molar-refractivity contribution in [3.05, 3.63) is 53.1 Å². The highest BCUT2D eigenvalue weighted by Gasteiger charge is 2.19. The van der Waals surface area contributed by atoms with E-state index in [0.717, 1.165) is 11.1 Å². The SMILES string of the molecule is CC(C)(C)OC(=O)NCCCOc1ccc(Cl)cc1-c1ccc(C(=O)N2CCOCC2)cc1. The van der Waals surface area contributed by atoms with Crippen molar-refractivity contribution in [2.75, 3.05) is 39.5 Å². The number of rotatable bonds is 7. The molecule has 1 N–H and O–H groups in total. The molecule has 7 nitrogen and oxygen atoms in total. The standard InChI is InChI=1S/C25H31ClN2O5/c1-25(2,3)33-24(30)27-11-4-14-32-22-10-9-20(26)17-21(22)18-5-7-19(8-6-18)23(29)28-12-15-31-16-13-28/h5-10,17H,4,11-16H2,1-3H3,(H,27,30). The molecule has 178 valence electrons. The Hall–Kier alpha value is -2.77. The number of alkyl carbamates (subject to hydrolysis) is 1. The van der Waals surface area contributed by atoms with Crippen LogP contribution in [0.1, 0.15) is 37.6 Å². The number of amides is 2. The second-order valence-corrected chi connectivity index (χ2v) is 9.19. The van der Waals surface area contributed by atoms with Gasteiger partial charge in [-0.25, -0.2) is 4.79 Å². The Morgan fingerprint density at radius 3 is 2.45 bits per heavy atom. The van der Waals surface area contributed by atoms with E-state index >= 15 is 0 Å². The molecule has 0 radical (unpaired) electrons. The molecule has 2 aromatic carbocycles. The molecule has 1 heterocycles. The van der Waals surface area contributed by atoms with Gasteiger partial charge in [0.05, 0.1) is 19.8 Å². The highest BCUT2D eigenvalue weighted by Crippen LogP contribution is 2.33. The van der Waals surface area contributed by atoms with Crippen molar-refractivity contribution in [3.63, 3.8) is 0 Å². The third kappa shape index (κ3) is 7.65. The summed E-state index contributed by atoms with van der Waals surface area (Å²) in [6, 6.07) is 12.9. The van der Waals surface area contributed by atoms with Gasteiger partial charge in [-0.1, -0.05) is 23.7 Å². The highest BCUT2D eigenvalue weighted by atomic mass is 35.5. The zero-order chi connectivity index (χ0) is 23.8. The minimum Gasteiger partial charge on any atom is -0.493 e. The topological polar surface area (TPSA) is 77.1 Å². The molecule has 3 rings (SSSR count). The quantitative estimate of drug-likeness (QED) is 0.585. The molecule has 0 saturated carbocycles. The van der Waals surface area contributed by atoms with Gasteiger partial charge in [0.1, 0.15) is 11.4 Å². The molecule has 1 saturated heterocycles. The number of halogens is 1. The zero-order valence-corrected chi connectivity index (χ0v) is 20.1. The smallest absolute Gasteiger partial charge is 0.407 e. The van der Waals surface area contributed by atoms with Crippen molar-refractivity contribution in [3.8, 4) is 16.9 Å². The molecular formula is C25H31ClN2O5. The predicted molar refractivity (Wildman–Crippen MR) is 128 cm³/mol. The monoisotopic (exact) mass is 474 g/mol. The normalized spacial score (nSPS) is 14.0. The van der Waals surface area contributed by atoms with Crippen molar-refractivity contribution in [1.29, 1.82) is 0 Å². The maximum atomic E-state index is 12.7. The van der Waals surface area contributed by atoms with Gasteiger partial charge in [-0.15, -0.1) is 0 Å². The van der Waals surface area contributed by atoms with Crippen LogP contribution in [0.2, 0.25) is 5.02 Å². The van der Waals surface area contributed by atoms with E-state index < -0.39 is 11.7 Å². The van der Waals surface area contributed by atoms with E-state index in [4.69, 9.17) is 25.8 Å². The van der Waals surface area contributed by atoms with Crippen LogP contribution in [-0.2, 0) is 9.47 Å². The van der Waals surface area contributed by atoms with Gasteiger partial charge in [-0.2, -0.15) is 0 Å². The Kier molecular flexibility index (Phi) is 8.58. The van der Waals surface area contributed by atoms with E-state index in [2.05, 4.69) is 5.32 Å². The largest absolute Gasteiger partial charge is 0.493 e. The predicted octanol–water partition coefficient (Wildman–Crippen LogP) is 4.77.